The normalized spacial score (nSPS) is 9.12. The van der Waals surface area contributed by atoms with Crippen LogP contribution in [-0.4, -0.2) is 119 Å². The Morgan fingerprint density at radius 3 is 1.19 bits per heavy atom. The van der Waals surface area contributed by atoms with Crippen molar-refractivity contribution in [2.24, 2.45) is 0 Å². The summed E-state index contributed by atoms with van der Waals surface area (Å²) >= 11 is 0. The molecule has 0 unspecified atom stereocenters. The van der Waals surface area contributed by atoms with Crippen molar-refractivity contribution < 1.29 is 55.8 Å². The molecule has 0 atom stereocenters. The van der Waals surface area contributed by atoms with Crippen LogP contribution in [0.1, 0.15) is 5.71 Å². The second-order valence-electron chi connectivity index (χ2n) is 1.27. The average molecular weight is 342 g/mol. The van der Waals surface area contributed by atoms with Crippen molar-refractivity contribution in [1.29, 1.82) is 0 Å². The average Bonchev–Trinajstić information content (AvgIpc) is 1.49. The topological polar surface area (TPSA) is 207 Å². The van der Waals surface area contributed by atoms with Crippen LogP contribution in [0.25, 0.3) is 0 Å². The number of carbonyl (C=O) groups excluding carboxylic acids is 1. The Morgan fingerprint density at radius 2 is 1.06 bits per heavy atom. The molecule has 15 heteroatoms. The van der Waals surface area contributed by atoms with E-state index in [9.17, 15) is 21.6 Å². The monoisotopic (exact) mass is 342 g/mol. The van der Waals surface area contributed by atoms with Crippen molar-refractivity contribution >= 4 is 102 Å². The summed E-state index contributed by atoms with van der Waals surface area (Å²) in [5.74, 6) is 0. The van der Waals surface area contributed by atoms with Gasteiger partial charge in [-0.2, -0.15) is 16.8 Å². The van der Waals surface area contributed by atoms with E-state index in [4.69, 9.17) is 9.11 Å². The maximum Gasteiger partial charge on any atom is 2.00 e. The molecule has 16 heavy (non-hydrogen) atoms. The Hall–Kier alpha value is 1.53. The molecular formula is CH10Ca2O11S2. The van der Waals surface area contributed by atoms with Crippen LogP contribution in [0.5, 0.6) is 0 Å². The SMILES string of the molecule is O.O.O=C(OS(=O)(=O)O)OS(=O)(=O)O.[Ca+2].[Ca+2].[H-].[H-].[H-].[H-]. The van der Waals surface area contributed by atoms with Crippen LogP contribution in [0.3, 0.4) is 0 Å². The fraction of sp³-hybridized carbons (Fsp3) is 0. The van der Waals surface area contributed by atoms with E-state index in [0.29, 0.717) is 0 Å². The van der Waals surface area contributed by atoms with E-state index in [2.05, 4.69) is 8.37 Å². The molecule has 0 amide bonds. The molecule has 0 saturated heterocycles. The zero-order valence-corrected chi connectivity index (χ0v) is 13.5. The molecular weight excluding hydrogens is 332 g/mol. The first-order chi connectivity index (χ1) is 5.10. The van der Waals surface area contributed by atoms with Crippen molar-refractivity contribution in [1.82, 2.24) is 0 Å². The van der Waals surface area contributed by atoms with Gasteiger partial charge in [-0.25, -0.2) is 4.79 Å². The Labute approximate surface area is 156 Å². The summed E-state index contributed by atoms with van der Waals surface area (Å²) in [6.07, 6.45) is -2.29. The quantitative estimate of drug-likeness (QED) is 0.381. The molecule has 0 aromatic carbocycles. The Morgan fingerprint density at radius 1 is 0.875 bits per heavy atom. The predicted octanol–water partition coefficient (Wildman–Crippen LogP) is -3.22. The largest absolute Gasteiger partial charge is 2.00 e. The minimum Gasteiger partial charge on any atom is -1.00 e. The summed E-state index contributed by atoms with van der Waals surface area (Å²) in [4.78, 5) is 9.95. The van der Waals surface area contributed by atoms with E-state index >= 15 is 0 Å². The molecule has 96 valence electrons. The molecule has 0 bridgehead atoms. The molecule has 11 nitrogen and oxygen atoms in total. The van der Waals surface area contributed by atoms with Crippen LogP contribution >= 0.6 is 0 Å². The van der Waals surface area contributed by atoms with Crippen molar-refractivity contribution in [3.05, 3.63) is 0 Å². The molecule has 0 heterocycles. The van der Waals surface area contributed by atoms with Gasteiger partial charge in [0.05, 0.1) is 0 Å². The van der Waals surface area contributed by atoms with Crippen LogP contribution < -0.4 is 0 Å². The van der Waals surface area contributed by atoms with Gasteiger partial charge in [-0.05, 0) is 0 Å². The van der Waals surface area contributed by atoms with Gasteiger partial charge >= 0.3 is 102 Å². The van der Waals surface area contributed by atoms with Gasteiger partial charge in [0.15, 0.2) is 0 Å². The molecule has 0 aromatic rings. The summed E-state index contributed by atoms with van der Waals surface area (Å²) in [6, 6.07) is 0. The second kappa shape index (κ2) is 11.6. The molecule has 0 spiro atoms. The van der Waals surface area contributed by atoms with E-state index in [1.807, 2.05) is 0 Å². The first-order valence-corrected chi connectivity index (χ1v) is 4.71. The summed E-state index contributed by atoms with van der Waals surface area (Å²) < 4.78 is 60.1. The molecule has 6 N–H and O–H groups in total. The number of rotatable bonds is 2. The molecule has 0 rings (SSSR count). The van der Waals surface area contributed by atoms with Gasteiger partial charge in [0.25, 0.3) is 0 Å². The molecule has 0 saturated carbocycles. The van der Waals surface area contributed by atoms with Gasteiger partial charge in [-0.15, -0.1) is 0 Å². The third-order valence-electron chi connectivity index (χ3n) is 0.347. The van der Waals surface area contributed by atoms with E-state index in [-0.39, 0.29) is 92.1 Å². The molecule has 0 aliphatic rings. The zero-order valence-electron chi connectivity index (χ0n) is 11.5. The zero-order chi connectivity index (χ0) is 9.99. The van der Waals surface area contributed by atoms with Crippen molar-refractivity contribution in [2.45, 2.75) is 0 Å². The van der Waals surface area contributed by atoms with Crippen LogP contribution in [0.4, 0.5) is 4.79 Å². The minimum absolute atomic E-state index is 0. The Balaban J connectivity index is -0.0000000216. The molecule has 0 aromatic heterocycles. The van der Waals surface area contributed by atoms with Gasteiger partial charge in [-0.1, -0.05) is 0 Å². The maximum absolute atomic E-state index is 9.95. The van der Waals surface area contributed by atoms with Gasteiger partial charge in [0.1, 0.15) is 0 Å². The van der Waals surface area contributed by atoms with E-state index in [1.165, 1.54) is 0 Å². The maximum atomic E-state index is 9.95. The molecule has 0 aliphatic carbocycles. The van der Waals surface area contributed by atoms with Crippen molar-refractivity contribution in [3.63, 3.8) is 0 Å². The van der Waals surface area contributed by atoms with Gasteiger partial charge in [-0.3, -0.25) is 17.5 Å². The second-order valence-corrected chi connectivity index (χ2v) is 3.32. The van der Waals surface area contributed by atoms with Gasteiger partial charge < -0.3 is 16.7 Å². The molecule has 0 aliphatic heterocycles. The first-order valence-electron chi connectivity index (χ1n) is 1.98. The summed E-state index contributed by atoms with van der Waals surface area (Å²) in [6.45, 7) is 0. The van der Waals surface area contributed by atoms with Crippen LogP contribution in [0.15, 0.2) is 0 Å². The fourth-order valence-corrected chi connectivity index (χ4v) is 0.641. The van der Waals surface area contributed by atoms with Gasteiger partial charge in [0, 0.05) is 0 Å². The van der Waals surface area contributed by atoms with Crippen LogP contribution in [0, 0.1) is 0 Å². The first kappa shape index (κ1) is 30.5. The predicted molar refractivity (Wildman–Crippen MR) is 53.8 cm³/mol. The van der Waals surface area contributed by atoms with Crippen molar-refractivity contribution in [2.75, 3.05) is 0 Å². The molecule has 0 radical (unpaired) electrons. The van der Waals surface area contributed by atoms with E-state index < -0.39 is 27.0 Å². The smallest absolute Gasteiger partial charge is 1.00 e. The number of hydrogen-bond acceptors (Lipinski definition) is 7. The fourth-order valence-electron chi connectivity index (χ4n) is 0.186. The summed E-state index contributed by atoms with van der Waals surface area (Å²) in [5, 5.41) is 0. The van der Waals surface area contributed by atoms with Crippen LogP contribution in [-0.2, 0) is 29.2 Å². The number of hydrogen-bond donors (Lipinski definition) is 2. The number of carbonyl (C=O) groups is 1. The summed E-state index contributed by atoms with van der Waals surface area (Å²) in [7, 11) is -10.3. The van der Waals surface area contributed by atoms with E-state index in [0.717, 1.165) is 0 Å². The Bertz CT molecular complexity index is 343. The van der Waals surface area contributed by atoms with E-state index in [1.54, 1.807) is 0 Å². The van der Waals surface area contributed by atoms with Crippen molar-refractivity contribution in [3.8, 4) is 0 Å². The summed E-state index contributed by atoms with van der Waals surface area (Å²) in [5.41, 5.74) is 0. The molecule has 0 fully saturated rings. The third-order valence-corrected chi connectivity index (χ3v) is 1.04. The van der Waals surface area contributed by atoms with Gasteiger partial charge in [0.2, 0.25) is 0 Å². The van der Waals surface area contributed by atoms with Crippen LogP contribution in [0.2, 0.25) is 0 Å². The third kappa shape index (κ3) is 24.7. The minimum atomic E-state index is -5.15. The Kier molecular flexibility index (Phi) is 22.1. The standard InChI is InChI=1S/CH2O9S2.2Ca.2H2O.4H/c2-1(9-11(3,4)5)10-12(6,7)8;;;;;;;;/h(H,3,4,5)(H,6,7,8);;;2*1H2;;;;/q;2*+2;;;4*-1.